The number of unbranched alkanes of at least 4 members (excludes halogenated alkanes) is 3. The van der Waals surface area contributed by atoms with Gasteiger partial charge in [-0.3, -0.25) is 14.4 Å². The topological polar surface area (TPSA) is 129 Å². The molecule has 1 saturated carbocycles. The molecule has 0 aromatic rings. The van der Waals surface area contributed by atoms with E-state index in [2.05, 4.69) is 0 Å². The van der Waals surface area contributed by atoms with Gasteiger partial charge in [0.15, 0.2) is 11.6 Å². The van der Waals surface area contributed by atoms with Gasteiger partial charge in [-0.2, -0.15) is 0 Å². The Labute approximate surface area is 178 Å². The molecule has 2 N–H and O–H groups in total. The van der Waals surface area contributed by atoms with Crippen molar-refractivity contribution in [2.24, 2.45) is 0 Å². The standard InChI is InChI=1S/C21H36O9/c22-10-5-13-28-16-17(29-14-6-11-23)15-27-12-4-2-1-3-7-20(26)30-21-18(24)8-9-19(21)25/h17,21-23H,1-16H2. The van der Waals surface area contributed by atoms with Gasteiger partial charge in [-0.05, 0) is 25.7 Å². The zero-order valence-corrected chi connectivity index (χ0v) is 17.7. The molecule has 0 radical (unpaired) electrons. The Morgan fingerprint density at radius 3 is 2.03 bits per heavy atom. The summed E-state index contributed by atoms with van der Waals surface area (Å²) in [5.41, 5.74) is 0. The molecule has 30 heavy (non-hydrogen) atoms. The normalized spacial score (nSPS) is 15.7. The third kappa shape index (κ3) is 12.3. The molecule has 9 heteroatoms. The van der Waals surface area contributed by atoms with Crippen molar-refractivity contribution < 1.29 is 43.5 Å². The third-order valence-electron chi connectivity index (χ3n) is 4.58. The molecule has 9 nitrogen and oxygen atoms in total. The van der Waals surface area contributed by atoms with Crippen molar-refractivity contribution in [3.05, 3.63) is 0 Å². The van der Waals surface area contributed by atoms with Crippen LogP contribution in [0.2, 0.25) is 0 Å². The number of ketones is 2. The molecule has 0 heterocycles. The highest BCUT2D eigenvalue weighted by atomic mass is 16.6. The van der Waals surface area contributed by atoms with E-state index in [1.165, 1.54) is 0 Å². The second kappa shape index (κ2) is 17.3. The van der Waals surface area contributed by atoms with Gasteiger partial charge in [-0.15, -0.1) is 0 Å². The van der Waals surface area contributed by atoms with Crippen LogP contribution in [0.5, 0.6) is 0 Å². The number of aliphatic hydroxyl groups is 2. The van der Waals surface area contributed by atoms with Gasteiger partial charge < -0.3 is 29.2 Å². The first-order chi connectivity index (χ1) is 14.6. The van der Waals surface area contributed by atoms with Crippen molar-refractivity contribution in [1.82, 2.24) is 0 Å². The molecule has 0 bridgehead atoms. The molecule has 0 aromatic heterocycles. The molecule has 0 saturated heterocycles. The lowest BCUT2D eigenvalue weighted by Crippen LogP contribution is -2.28. The second-order valence-corrected chi connectivity index (χ2v) is 7.26. The average molecular weight is 433 g/mol. The highest BCUT2D eigenvalue weighted by molar-refractivity contribution is 6.12. The van der Waals surface area contributed by atoms with Crippen LogP contribution in [0.3, 0.4) is 0 Å². The summed E-state index contributed by atoms with van der Waals surface area (Å²) < 4.78 is 21.7. The minimum Gasteiger partial charge on any atom is -0.446 e. The Hall–Kier alpha value is -1.39. The summed E-state index contributed by atoms with van der Waals surface area (Å²) in [6.45, 7) is 2.37. The number of carbonyl (C=O) groups excluding carboxylic acids is 3. The van der Waals surface area contributed by atoms with Crippen LogP contribution in [0, 0.1) is 0 Å². The zero-order chi connectivity index (χ0) is 22.0. The Balaban J connectivity index is 2.04. The number of aliphatic hydroxyl groups excluding tert-OH is 2. The van der Waals surface area contributed by atoms with E-state index in [-0.39, 0.29) is 50.1 Å². The maximum Gasteiger partial charge on any atom is 0.306 e. The summed E-state index contributed by atoms with van der Waals surface area (Å²) in [7, 11) is 0. The van der Waals surface area contributed by atoms with Crippen LogP contribution in [0.1, 0.15) is 57.8 Å². The molecule has 1 aliphatic carbocycles. The van der Waals surface area contributed by atoms with Crippen molar-refractivity contribution >= 4 is 17.5 Å². The Kier molecular flexibility index (Phi) is 15.4. The van der Waals surface area contributed by atoms with E-state index < -0.39 is 12.1 Å². The summed E-state index contributed by atoms with van der Waals surface area (Å²) in [5, 5.41) is 17.6. The lowest BCUT2D eigenvalue weighted by Gasteiger charge is -2.18. The lowest BCUT2D eigenvalue weighted by molar-refractivity contribution is -0.157. The van der Waals surface area contributed by atoms with E-state index in [0.29, 0.717) is 52.3 Å². The first kappa shape index (κ1) is 26.6. The smallest absolute Gasteiger partial charge is 0.306 e. The Morgan fingerprint density at radius 1 is 0.833 bits per heavy atom. The molecular weight excluding hydrogens is 396 g/mol. The largest absolute Gasteiger partial charge is 0.446 e. The summed E-state index contributed by atoms with van der Waals surface area (Å²) in [4.78, 5) is 34.6. The van der Waals surface area contributed by atoms with Crippen molar-refractivity contribution in [2.45, 2.75) is 70.0 Å². The highest BCUT2D eigenvalue weighted by Crippen LogP contribution is 2.15. The van der Waals surface area contributed by atoms with Crippen LogP contribution in [0.25, 0.3) is 0 Å². The van der Waals surface area contributed by atoms with Gasteiger partial charge >= 0.3 is 5.97 Å². The van der Waals surface area contributed by atoms with Gasteiger partial charge in [-0.1, -0.05) is 12.8 Å². The summed E-state index contributed by atoms with van der Waals surface area (Å²) in [6, 6.07) is 0. The second-order valence-electron chi connectivity index (χ2n) is 7.26. The number of carbonyl (C=O) groups is 3. The molecular formula is C21H36O9. The van der Waals surface area contributed by atoms with E-state index in [1.54, 1.807) is 0 Å². The molecule has 0 amide bonds. The van der Waals surface area contributed by atoms with Crippen LogP contribution < -0.4 is 0 Å². The lowest BCUT2D eigenvalue weighted by atomic mass is 10.1. The van der Waals surface area contributed by atoms with Gasteiger partial charge in [0, 0.05) is 52.3 Å². The van der Waals surface area contributed by atoms with Crippen molar-refractivity contribution in [1.29, 1.82) is 0 Å². The zero-order valence-electron chi connectivity index (χ0n) is 17.7. The molecule has 0 spiro atoms. The van der Waals surface area contributed by atoms with Gasteiger partial charge in [0.05, 0.1) is 13.2 Å². The molecule has 1 rings (SSSR count). The van der Waals surface area contributed by atoms with E-state index in [1.807, 2.05) is 0 Å². The minimum absolute atomic E-state index is 0.0692. The van der Waals surface area contributed by atoms with Gasteiger partial charge in [0.2, 0.25) is 6.10 Å². The number of rotatable bonds is 19. The van der Waals surface area contributed by atoms with E-state index >= 15 is 0 Å². The predicted octanol–water partition coefficient (Wildman–Crippen LogP) is 0.964. The van der Waals surface area contributed by atoms with Crippen molar-refractivity contribution in [3.8, 4) is 0 Å². The summed E-state index contributed by atoms with van der Waals surface area (Å²) >= 11 is 0. The summed E-state index contributed by atoms with van der Waals surface area (Å²) in [6.07, 6.45) is 3.45. The molecule has 0 aromatic carbocycles. The SMILES string of the molecule is O=C(CCCCCCOCC(COCCCO)OCCCO)OC1C(=O)CCC1=O. The fourth-order valence-corrected chi connectivity index (χ4v) is 2.89. The number of hydrogen-bond acceptors (Lipinski definition) is 9. The highest BCUT2D eigenvalue weighted by Gasteiger charge is 2.35. The van der Waals surface area contributed by atoms with Gasteiger partial charge in [0.25, 0.3) is 0 Å². The van der Waals surface area contributed by atoms with Crippen molar-refractivity contribution in [2.75, 3.05) is 46.2 Å². The first-order valence-corrected chi connectivity index (χ1v) is 10.8. The van der Waals surface area contributed by atoms with Crippen LogP contribution in [-0.2, 0) is 33.3 Å². The van der Waals surface area contributed by atoms with Gasteiger partial charge in [-0.25, -0.2) is 0 Å². The molecule has 174 valence electrons. The number of Topliss-reactive ketones (excluding diaryl/α,β-unsaturated/α-hetero) is 2. The Bertz CT molecular complexity index is 479. The molecule has 1 aliphatic rings. The first-order valence-electron chi connectivity index (χ1n) is 10.8. The average Bonchev–Trinajstić information content (AvgIpc) is 3.04. The Morgan fingerprint density at radius 2 is 1.40 bits per heavy atom. The summed E-state index contributed by atoms with van der Waals surface area (Å²) in [5.74, 6) is -1.10. The fraction of sp³-hybridized carbons (Fsp3) is 0.857. The van der Waals surface area contributed by atoms with Crippen LogP contribution in [-0.4, -0.2) is 86.2 Å². The van der Waals surface area contributed by atoms with Crippen LogP contribution in [0.15, 0.2) is 0 Å². The van der Waals surface area contributed by atoms with Crippen LogP contribution in [0.4, 0.5) is 0 Å². The number of ether oxygens (including phenoxy) is 4. The molecule has 0 aliphatic heterocycles. The maximum absolute atomic E-state index is 11.7. The van der Waals surface area contributed by atoms with E-state index in [4.69, 9.17) is 29.2 Å². The predicted molar refractivity (Wildman–Crippen MR) is 107 cm³/mol. The maximum atomic E-state index is 11.7. The van der Waals surface area contributed by atoms with Crippen LogP contribution >= 0.6 is 0 Å². The molecule has 1 fully saturated rings. The van der Waals surface area contributed by atoms with Crippen molar-refractivity contribution in [3.63, 3.8) is 0 Å². The van der Waals surface area contributed by atoms with E-state index in [0.717, 1.165) is 19.3 Å². The fourth-order valence-electron chi connectivity index (χ4n) is 2.89. The quantitative estimate of drug-likeness (QED) is 0.174. The molecule has 1 atom stereocenters. The monoisotopic (exact) mass is 432 g/mol. The molecule has 1 unspecified atom stereocenters. The van der Waals surface area contributed by atoms with E-state index in [9.17, 15) is 14.4 Å². The third-order valence-corrected chi connectivity index (χ3v) is 4.58. The minimum atomic E-state index is -1.17. The van der Waals surface area contributed by atoms with Gasteiger partial charge in [0.1, 0.15) is 6.10 Å². The number of hydrogen-bond donors (Lipinski definition) is 2. The number of esters is 1.